The zero-order chi connectivity index (χ0) is 13.2. The predicted molar refractivity (Wildman–Crippen MR) is 75.3 cm³/mol. The summed E-state index contributed by atoms with van der Waals surface area (Å²) in [5.41, 5.74) is 0.725. The van der Waals surface area contributed by atoms with Gasteiger partial charge >= 0.3 is 0 Å². The molecule has 1 amide bonds. The lowest BCUT2D eigenvalue weighted by atomic mass is 10.00. The molecule has 0 unspecified atom stereocenters. The van der Waals surface area contributed by atoms with E-state index in [2.05, 4.69) is 22.1 Å². The van der Waals surface area contributed by atoms with E-state index in [0.29, 0.717) is 12.0 Å². The summed E-state index contributed by atoms with van der Waals surface area (Å²) in [6.07, 6.45) is 6.46. The van der Waals surface area contributed by atoms with Gasteiger partial charge in [0.25, 0.3) is 5.91 Å². The maximum absolute atomic E-state index is 12.3. The van der Waals surface area contributed by atoms with Crippen molar-refractivity contribution >= 4 is 11.7 Å². The molecule has 0 spiro atoms. The van der Waals surface area contributed by atoms with Crippen molar-refractivity contribution in [2.75, 3.05) is 18.0 Å². The Morgan fingerprint density at radius 3 is 3.00 bits per heavy atom. The number of rotatable bonds is 3. The first kappa shape index (κ1) is 12.5. The average Bonchev–Trinajstić information content (AvgIpc) is 3.23. The van der Waals surface area contributed by atoms with Gasteiger partial charge in [-0.1, -0.05) is 6.92 Å². The number of piperidine rings is 1. The fourth-order valence-corrected chi connectivity index (χ4v) is 2.70. The molecule has 1 aromatic heterocycles. The number of nitrogens with one attached hydrogen (secondary N) is 1. The third-order valence-electron chi connectivity index (χ3n) is 3.90. The van der Waals surface area contributed by atoms with E-state index in [1.807, 2.05) is 12.1 Å². The second kappa shape index (κ2) is 5.19. The van der Waals surface area contributed by atoms with Gasteiger partial charge in [-0.05, 0) is 43.7 Å². The van der Waals surface area contributed by atoms with E-state index >= 15 is 0 Å². The van der Waals surface area contributed by atoms with Crippen LogP contribution in [0.25, 0.3) is 0 Å². The van der Waals surface area contributed by atoms with Crippen LogP contribution in [0.3, 0.4) is 0 Å². The monoisotopic (exact) mass is 259 g/mol. The average molecular weight is 259 g/mol. The molecule has 4 nitrogen and oxygen atoms in total. The Balaban J connectivity index is 1.81. The first-order valence-corrected chi connectivity index (χ1v) is 7.25. The molecular weight excluding hydrogens is 238 g/mol. The highest BCUT2D eigenvalue weighted by Gasteiger charge is 2.27. The number of carbonyl (C=O) groups is 1. The van der Waals surface area contributed by atoms with Gasteiger partial charge in [-0.25, -0.2) is 4.98 Å². The van der Waals surface area contributed by atoms with Crippen LogP contribution in [0, 0.1) is 5.92 Å². The molecule has 4 heteroatoms. The lowest BCUT2D eigenvalue weighted by Crippen LogP contribution is -2.37. The fraction of sp³-hybridized carbons (Fsp3) is 0.600. The summed E-state index contributed by atoms with van der Waals surface area (Å²) < 4.78 is 0. The summed E-state index contributed by atoms with van der Waals surface area (Å²) in [5, 5.41) is 3.06. The molecule has 2 heterocycles. The van der Waals surface area contributed by atoms with Crippen LogP contribution in [0.2, 0.25) is 0 Å². The Bertz CT molecular complexity index is 470. The maximum Gasteiger partial charge on any atom is 0.255 e. The number of hydrogen-bond donors (Lipinski definition) is 1. The van der Waals surface area contributed by atoms with Crippen molar-refractivity contribution in [3.8, 4) is 0 Å². The summed E-state index contributed by atoms with van der Waals surface area (Å²) >= 11 is 0. The highest BCUT2D eigenvalue weighted by molar-refractivity contribution is 5.99. The summed E-state index contributed by atoms with van der Waals surface area (Å²) in [5.74, 6) is 1.56. The minimum Gasteiger partial charge on any atom is -0.356 e. The molecule has 2 aliphatic rings. The molecule has 102 valence electrons. The van der Waals surface area contributed by atoms with Crippen molar-refractivity contribution in [3.63, 3.8) is 0 Å². The van der Waals surface area contributed by atoms with Gasteiger partial charge in [0.2, 0.25) is 0 Å². The number of amides is 1. The van der Waals surface area contributed by atoms with E-state index < -0.39 is 0 Å². The van der Waals surface area contributed by atoms with E-state index in [-0.39, 0.29) is 5.91 Å². The Labute approximate surface area is 114 Å². The third-order valence-corrected chi connectivity index (χ3v) is 3.90. The van der Waals surface area contributed by atoms with Gasteiger partial charge in [0.05, 0.1) is 5.56 Å². The number of carbonyl (C=O) groups excluding carboxylic acids is 1. The lowest BCUT2D eigenvalue weighted by molar-refractivity contribution is 0.0951. The maximum atomic E-state index is 12.3. The molecular formula is C15H21N3O. The Kier molecular flexibility index (Phi) is 3.40. The van der Waals surface area contributed by atoms with Gasteiger partial charge in [-0.2, -0.15) is 0 Å². The second-order valence-electron chi connectivity index (χ2n) is 5.82. The molecule has 0 radical (unpaired) electrons. The quantitative estimate of drug-likeness (QED) is 0.905. The number of nitrogens with zero attached hydrogens (tertiary/aromatic N) is 2. The van der Waals surface area contributed by atoms with Crippen molar-refractivity contribution in [2.24, 2.45) is 5.92 Å². The van der Waals surface area contributed by atoms with Crippen molar-refractivity contribution in [2.45, 2.75) is 38.6 Å². The number of aromatic nitrogens is 1. The molecule has 2 fully saturated rings. The molecule has 1 saturated carbocycles. The lowest BCUT2D eigenvalue weighted by Gasteiger charge is -2.32. The Hall–Kier alpha value is -1.58. The first-order valence-electron chi connectivity index (χ1n) is 7.25. The molecule has 0 bridgehead atoms. The van der Waals surface area contributed by atoms with Crippen molar-refractivity contribution in [1.29, 1.82) is 0 Å². The molecule has 0 aromatic carbocycles. The summed E-state index contributed by atoms with van der Waals surface area (Å²) in [7, 11) is 0. The van der Waals surface area contributed by atoms with Gasteiger partial charge in [-0.15, -0.1) is 0 Å². The van der Waals surface area contributed by atoms with E-state index in [4.69, 9.17) is 0 Å². The van der Waals surface area contributed by atoms with Gasteiger partial charge in [0.15, 0.2) is 0 Å². The van der Waals surface area contributed by atoms with Gasteiger partial charge in [0.1, 0.15) is 5.82 Å². The smallest absolute Gasteiger partial charge is 0.255 e. The van der Waals surface area contributed by atoms with Crippen LogP contribution >= 0.6 is 0 Å². The summed E-state index contributed by atoms with van der Waals surface area (Å²) in [4.78, 5) is 19.0. The fourth-order valence-electron chi connectivity index (χ4n) is 2.70. The Morgan fingerprint density at radius 1 is 1.42 bits per heavy atom. The zero-order valence-corrected chi connectivity index (χ0v) is 11.4. The topological polar surface area (TPSA) is 45.2 Å². The molecule has 1 aliphatic carbocycles. The SMILES string of the molecule is C[C@H]1CCCN(c2ncccc2C(=O)NC2CC2)C1. The van der Waals surface area contributed by atoms with Crippen molar-refractivity contribution < 1.29 is 4.79 Å². The van der Waals surface area contributed by atoms with E-state index in [9.17, 15) is 4.79 Å². The van der Waals surface area contributed by atoms with Crippen LogP contribution in [-0.4, -0.2) is 30.0 Å². The Morgan fingerprint density at radius 2 is 2.26 bits per heavy atom. The third kappa shape index (κ3) is 2.88. The molecule has 19 heavy (non-hydrogen) atoms. The molecule has 1 atom stereocenters. The predicted octanol–water partition coefficient (Wildman–Crippen LogP) is 2.21. The standard InChI is InChI=1S/C15H21N3O/c1-11-4-3-9-18(10-11)14-13(5-2-8-16-14)15(19)17-12-6-7-12/h2,5,8,11-12H,3-4,6-7,9-10H2,1H3,(H,17,19)/t11-/m0/s1. The molecule has 1 N–H and O–H groups in total. The molecule has 1 saturated heterocycles. The second-order valence-corrected chi connectivity index (χ2v) is 5.82. The number of hydrogen-bond acceptors (Lipinski definition) is 3. The highest BCUT2D eigenvalue weighted by atomic mass is 16.1. The van der Waals surface area contributed by atoms with Gasteiger partial charge < -0.3 is 10.2 Å². The van der Waals surface area contributed by atoms with Gasteiger partial charge in [-0.3, -0.25) is 4.79 Å². The molecule has 3 rings (SSSR count). The van der Waals surface area contributed by atoms with Crippen LogP contribution in [0.4, 0.5) is 5.82 Å². The van der Waals surface area contributed by atoms with E-state index in [1.54, 1.807) is 6.20 Å². The van der Waals surface area contributed by atoms with Crippen molar-refractivity contribution in [3.05, 3.63) is 23.9 Å². The van der Waals surface area contributed by atoms with E-state index in [0.717, 1.165) is 37.3 Å². The normalized spacial score (nSPS) is 23.2. The van der Waals surface area contributed by atoms with Crippen molar-refractivity contribution in [1.82, 2.24) is 10.3 Å². The largest absolute Gasteiger partial charge is 0.356 e. The van der Waals surface area contributed by atoms with Crippen LogP contribution in [0.5, 0.6) is 0 Å². The molecule has 1 aromatic rings. The van der Waals surface area contributed by atoms with Crippen LogP contribution in [-0.2, 0) is 0 Å². The van der Waals surface area contributed by atoms with E-state index in [1.165, 1.54) is 12.8 Å². The number of anilines is 1. The highest BCUT2D eigenvalue weighted by Crippen LogP contribution is 2.25. The minimum atomic E-state index is 0.0313. The number of pyridine rings is 1. The summed E-state index contributed by atoms with van der Waals surface area (Å²) in [6.45, 7) is 4.27. The van der Waals surface area contributed by atoms with Crippen LogP contribution in [0.1, 0.15) is 43.0 Å². The van der Waals surface area contributed by atoms with Gasteiger partial charge in [0, 0.05) is 25.3 Å². The first-order chi connectivity index (χ1) is 9.24. The summed E-state index contributed by atoms with van der Waals surface area (Å²) in [6, 6.07) is 4.12. The van der Waals surface area contributed by atoms with Crippen LogP contribution < -0.4 is 10.2 Å². The van der Waals surface area contributed by atoms with Crippen LogP contribution in [0.15, 0.2) is 18.3 Å². The zero-order valence-electron chi connectivity index (χ0n) is 11.4. The minimum absolute atomic E-state index is 0.0313. The molecule has 1 aliphatic heterocycles.